The number of anilines is 2. The number of carbonyl (C=O) groups is 3. The molecular formula is C23H26N2O5. The molecule has 0 spiro atoms. The molecule has 0 bridgehead atoms. The van der Waals surface area contributed by atoms with Crippen LogP contribution in [0.15, 0.2) is 48.5 Å². The van der Waals surface area contributed by atoms with Gasteiger partial charge in [0, 0.05) is 24.3 Å². The van der Waals surface area contributed by atoms with Crippen molar-refractivity contribution in [3.05, 3.63) is 54.1 Å². The summed E-state index contributed by atoms with van der Waals surface area (Å²) < 4.78 is 10.6. The van der Waals surface area contributed by atoms with Gasteiger partial charge in [0.1, 0.15) is 5.75 Å². The van der Waals surface area contributed by atoms with Gasteiger partial charge in [-0.3, -0.25) is 9.59 Å². The molecule has 2 amide bonds. The van der Waals surface area contributed by atoms with Crippen LogP contribution in [0.3, 0.4) is 0 Å². The van der Waals surface area contributed by atoms with Crippen LogP contribution >= 0.6 is 0 Å². The standard InChI is InChI=1S/C23H26N2O5/c1-4-29-23(28)16-5-7-18(8-6-16)24-22(27)17-13-21(26)25(14-17)19-9-11-20(12-10-19)30-15(2)3/h5-12,15,17H,4,13-14H2,1-3H3,(H,24,27)/t17-/m0/s1. The van der Waals surface area contributed by atoms with Crippen LogP contribution < -0.4 is 15.0 Å². The molecule has 1 aliphatic rings. The summed E-state index contributed by atoms with van der Waals surface area (Å²) in [5, 5.41) is 2.82. The number of carbonyl (C=O) groups excluding carboxylic acids is 3. The lowest BCUT2D eigenvalue weighted by Gasteiger charge is -2.18. The van der Waals surface area contributed by atoms with E-state index < -0.39 is 11.9 Å². The SMILES string of the molecule is CCOC(=O)c1ccc(NC(=O)[C@H]2CC(=O)N(c3ccc(OC(C)C)cc3)C2)cc1. The zero-order valence-electron chi connectivity index (χ0n) is 17.4. The zero-order chi connectivity index (χ0) is 21.7. The Morgan fingerprint density at radius 2 is 1.77 bits per heavy atom. The first kappa shape index (κ1) is 21.4. The average Bonchev–Trinajstić information content (AvgIpc) is 3.11. The van der Waals surface area contributed by atoms with E-state index in [1.165, 1.54) is 0 Å². The van der Waals surface area contributed by atoms with Gasteiger partial charge in [0.15, 0.2) is 0 Å². The van der Waals surface area contributed by atoms with Gasteiger partial charge >= 0.3 is 5.97 Å². The van der Waals surface area contributed by atoms with E-state index in [2.05, 4.69) is 5.32 Å². The minimum absolute atomic E-state index is 0.0729. The van der Waals surface area contributed by atoms with E-state index in [0.29, 0.717) is 24.4 Å². The smallest absolute Gasteiger partial charge is 0.338 e. The summed E-state index contributed by atoms with van der Waals surface area (Å²) in [4.78, 5) is 38.4. The molecule has 0 aliphatic carbocycles. The summed E-state index contributed by atoms with van der Waals surface area (Å²) >= 11 is 0. The largest absolute Gasteiger partial charge is 0.491 e. The van der Waals surface area contributed by atoms with E-state index in [0.717, 1.165) is 11.4 Å². The average molecular weight is 410 g/mol. The molecule has 0 unspecified atom stereocenters. The van der Waals surface area contributed by atoms with E-state index >= 15 is 0 Å². The highest BCUT2D eigenvalue weighted by atomic mass is 16.5. The first-order chi connectivity index (χ1) is 14.4. The van der Waals surface area contributed by atoms with Crippen molar-refractivity contribution in [2.75, 3.05) is 23.4 Å². The van der Waals surface area contributed by atoms with Crippen molar-refractivity contribution in [1.82, 2.24) is 0 Å². The lowest BCUT2D eigenvalue weighted by molar-refractivity contribution is -0.122. The zero-order valence-corrected chi connectivity index (χ0v) is 17.4. The molecule has 1 aliphatic heterocycles. The number of benzene rings is 2. The normalized spacial score (nSPS) is 15.9. The van der Waals surface area contributed by atoms with Gasteiger partial charge in [-0.25, -0.2) is 4.79 Å². The fourth-order valence-corrected chi connectivity index (χ4v) is 3.26. The molecular weight excluding hydrogens is 384 g/mol. The van der Waals surface area contributed by atoms with Crippen molar-refractivity contribution in [2.24, 2.45) is 5.92 Å². The Balaban J connectivity index is 1.60. The van der Waals surface area contributed by atoms with Crippen molar-refractivity contribution in [3.63, 3.8) is 0 Å². The first-order valence-electron chi connectivity index (χ1n) is 10.0. The number of hydrogen-bond acceptors (Lipinski definition) is 5. The topological polar surface area (TPSA) is 84.9 Å². The van der Waals surface area contributed by atoms with Crippen molar-refractivity contribution in [2.45, 2.75) is 33.3 Å². The second kappa shape index (κ2) is 9.43. The highest BCUT2D eigenvalue weighted by molar-refractivity contribution is 6.03. The Morgan fingerprint density at radius 1 is 1.10 bits per heavy atom. The summed E-state index contributed by atoms with van der Waals surface area (Å²) in [6, 6.07) is 13.8. The van der Waals surface area contributed by atoms with Crippen LogP contribution in [0.25, 0.3) is 0 Å². The van der Waals surface area contributed by atoms with E-state index in [-0.39, 0.29) is 24.3 Å². The lowest BCUT2D eigenvalue weighted by Crippen LogP contribution is -2.28. The molecule has 1 heterocycles. The van der Waals surface area contributed by atoms with Crippen LogP contribution in [0, 0.1) is 5.92 Å². The number of nitrogens with one attached hydrogen (secondary N) is 1. The fourth-order valence-electron chi connectivity index (χ4n) is 3.26. The predicted molar refractivity (Wildman–Crippen MR) is 114 cm³/mol. The summed E-state index contributed by atoms with van der Waals surface area (Å²) in [5.74, 6) is -0.438. The minimum Gasteiger partial charge on any atom is -0.491 e. The van der Waals surface area contributed by atoms with Crippen molar-refractivity contribution in [3.8, 4) is 5.75 Å². The van der Waals surface area contributed by atoms with Crippen LogP contribution in [0.2, 0.25) is 0 Å². The second-order valence-corrected chi connectivity index (χ2v) is 7.35. The summed E-state index contributed by atoms with van der Waals surface area (Å²) in [7, 11) is 0. The molecule has 3 rings (SSSR count). The fraction of sp³-hybridized carbons (Fsp3) is 0.348. The molecule has 1 fully saturated rings. The van der Waals surface area contributed by atoms with Crippen LogP contribution in [0.4, 0.5) is 11.4 Å². The number of nitrogens with zero attached hydrogens (tertiary/aromatic N) is 1. The molecule has 30 heavy (non-hydrogen) atoms. The highest BCUT2D eigenvalue weighted by Gasteiger charge is 2.35. The molecule has 2 aromatic rings. The number of amides is 2. The Morgan fingerprint density at radius 3 is 2.37 bits per heavy atom. The second-order valence-electron chi connectivity index (χ2n) is 7.35. The van der Waals surface area contributed by atoms with Crippen molar-refractivity contribution >= 4 is 29.2 Å². The molecule has 7 nitrogen and oxygen atoms in total. The molecule has 2 aromatic carbocycles. The Kier molecular flexibility index (Phi) is 6.72. The van der Waals surface area contributed by atoms with Crippen molar-refractivity contribution in [1.29, 1.82) is 0 Å². The number of hydrogen-bond donors (Lipinski definition) is 1. The summed E-state index contributed by atoms with van der Waals surface area (Å²) in [6.45, 7) is 6.26. The Bertz CT molecular complexity index is 906. The molecule has 7 heteroatoms. The lowest BCUT2D eigenvalue weighted by atomic mass is 10.1. The van der Waals surface area contributed by atoms with E-state index in [1.54, 1.807) is 36.1 Å². The third kappa shape index (κ3) is 5.17. The monoisotopic (exact) mass is 410 g/mol. The van der Waals surface area contributed by atoms with Gasteiger partial charge in [-0.2, -0.15) is 0 Å². The Labute approximate surface area is 176 Å². The predicted octanol–water partition coefficient (Wildman–Crippen LogP) is 3.64. The van der Waals surface area contributed by atoms with Crippen molar-refractivity contribution < 1.29 is 23.9 Å². The molecule has 1 atom stereocenters. The van der Waals surface area contributed by atoms with Crippen LogP contribution in [0.1, 0.15) is 37.6 Å². The number of esters is 1. The van der Waals surface area contributed by atoms with Crippen LogP contribution in [0.5, 0.6) is 5.75 Å². The number of ether oxygens (including phenoxy) is 2. The molecule has 0 saturated carbocycles. The summed E-state index contributed by atoms with van der Waals surface area (Å²) in [6.07, 6.45) is 0.223. The molecule has 158 valence electrons. The first-order valence-corrected chi connectivity index (χ1v) is 10.0. The summed E-state index contributed by atoms with van der Waals surface area (Å²) in [5.41, 5.74) is 1.72. The quantitative estimate of drug-likeness (QED) is 0.705. The van der Waals surface area contributed by atoms with Gasteiger partial charge in [0.2, 0.25) is 11.8 Å². The Hall–Kier alpha value is -3.35. The maximum atomic E-state index is 12.6. The van der Waals surface area contributed by atoms with Crippen LogP contribution in [-0.4, -0.2) is 37.0 Å². The van der Waals surface area contributed by atoms with Gasteiger partial charge in [0.25, 0.3) is 0 Å². The van der Waals surface area contributed by atoms with Gasteiger partial charge in [-0.15, -0.1) is 0 Å². The third-order valence-corrected chi connectivity index (χ3v) is 4.68. The maximum absolute atomic E-state index is 12.6. The maximum Gasteiger partial charge on any atom is 0.338 e. The van der Waals surface area contributed by atoms with Gasteiger partial charge in [-0.05, 0) is 69.3 Å². The minimum atomic E-state index is -0.450. The van der Waals surface area contributed by atoms with E-state index in [9.17, 15) is 14.4 Å². The third-order valence-electron chi connectivity index (χ3n) is 4.68. The highest BCUT2D eigenvalue weighted by Crippen LogP contribution is 2.28. The van der Waals surface area contributed by atoms with E-state index in [1.807, 2.05) is 38.1 Å². The van der Waals surface area contributed by atoms with Crippen LogP contribution in [-0.2, 0) is 14.3 Å². The van der Waals surface area contributed by atoms with Gasteiger partial charge < -0.3 is 19.7 Å². The molecule has 0 aromatic heterocycles. The molecule has 1 saturated heterocycles. The number of rotatable bonds is 7. The molecule has 0 radical (unpaired) electrons. The molecule has 1 N–H and O–H groups in total. The van der Waals surface area contributed by atoms with Gasteiger partial charge in [-0.1, -0.05) is 0 Å². The van der Waals surface area contributed by atoms with Gasteiger partial charge in [0.05, 0.1) is 24.2 Å². The van der Waals surface area contributed by atoms with E-state index in [4.69, 9.17) is 9.47 Å².